The zero-order chi connectivity index (χ0) is 11.8. The van der Waals surface area contributed by atoms with E-state index in [-0.39, 0.29) is 12.0 Å². The number of nitrogens with two attached hydrogens (primary N) is 1. The van der Waals surface area contributed by atoms with Gasteiger partial charge in [-0.2, -0.15) is 0 Å². The maximum absolute atomic E-state index is 6.14. The quantitative estimate of drug-likeness (QED) is 0.843. The van der Waals surface area contributed by atoms with Crippen LogP contribution < -0.4 is 5.73 Å². The number of rotatable bonds is 1. The molecule has 1 aliphatic carbocycles. The molecule has 0 spiro atoms. The monoisotopic (exact) mass is 250 g/mol. The normalized spacial score (nSPS) is 25.3. The van der Waals surface area contributed by atoms with Gasteiger partial charge in [0, 0.05) is 6.04 Å². The second kappa shape index (κ2) is 4.31. The third kappa shape index (κ3) is 1.94. The highest BCUT2D eigenvalue weighted by Gasteiger charge is 2.27. The molecule has 90 valence electrons. The molecule has 1 fully saturated rings. The predicted molar refractivity (Wildman–Crippen MR) is 68.2 cm³/mol. The number of hydrogen-bond donors (Lipinski definition) is 1. The van der Waals surface area contributed by atoms with Gasteiger partial charge in [0.1, 0.15) is 5.52 Å². The first-order valence-electron chi connectivity index (χ1n) is 6.06. The summed E-state index contributed by atoms with van der Waals surface area (Å²) in [6.07, 6.45) is 4.52. The van der Waals surface area contributed by atoms with Crippen molar-refractivity contribution in [2.24, 2.45) is 5.73 Å². The van der Waals surface area contributed by atoms with Crippen LogP contribution >= 0.6 is 11.6 Å². The van der Waals surface area contributed by atoms with E-state index in [0.717, 1.165) is 24.2 Å². The summed E-state index contributed by atoms with van der Waals surface area (Å²) in [5, 5.41) is 0.616. The molecule has 2 aromatic rings. The molecule has 1 heterocycles. The minimum absolute atomic E-state index is 0.163. The molecule has 0 radical (unpaired) electrons. The lowest BCUT2D eigenvalue weighted by molar-refractivity contribution is 0.332. The highest BCUT2D eigenvalue weighted by atomic mass is 35.5. The van der Waals surface area contributed by atoms with Gasteiger partial charge in [0.2, 0.25) is 0 Å². The molecular weight excluding hydrogens is 236 g/mol. The lowest BCUT2D eigenvalue weighted by Crippen LogP contribution is -2.31. The summed E-state index contributed by atoms with van der Waals surface area (Å²) in [4.78, 5) is 4.52. The van der Waals surface area contributed by atoms with Gasteiger partial charge in [-0.15, -0.1) is 0 Å². The van der Waals surface area contributed by atoms with Gasteiger partial charge in [-0.3, -0.25) is 0 Å². The third-order valence-corrected chi connectivity index (χ3v) is 3.82. The zero-order valence-electron chi connectivity index (χ0n) is 9.53. The van der Waals surface area contributed by atoms with Crippen molar-refractivity contribution in [2.45, 2.75) is 37.6 Å². The van der Waals surface area contributed by atoms with E-state index in [1.165, 1.54) is 12.8 Å². The zero-order valence-corrected chi connectivity index (χ0v) is 10.3. The van der Waals surface area contributed by atoms with Gasteiger partial charge in [-0.05, 0) is 25.0 Å². The number of fused-ring (bicyclic) bond motifs is 1. The van der Waals surface area contributed by atoms with Crippen molar-refractivity contribution >= 4 is 22.7 Å². The van der Waals surface area contributed by atoms with Gasteiger partial charge in [0.25, 0.3) is 0 Å². The Kier molecular flexibility index (Phi) is 2.81. The standard InChI is InChI=1S/C13H15ClN2O/c14-9-5-3-7-11-12(9)17-13(16-11)8-4-1-2-6-10(8)15/h3,5,7-8,10H,1-2,4,6,15H2. The van der Waals surface area contributed by atoms with E-state index in [1.54, 1.807) is 0 Å². The van der Waals surface area contributed by atoms with Crippen molar-refractivity contribution in [3.05, 3.63) is 29.1 Å². The molecule has 0 bridgehead atoms. The average molecular weight is 251 g/mol. The molecule has 17 heavy (non-hydrogen) atoms. The molecule has 1 aliphatic rings. The predicted octanol–water partition coefficient (Wildman–Crippen LogP) is 3.47. The van der Waals surface area contributed by atoms with E-state index in [9.17, 15) is 0 Å². The van der Waals surface area contributed by atoms with Crippen molar-refractivity contribution in [1.29, 1.82) is 0 Å². The summed E-state index contributed by atoms with van der Waals surface area (Å²) < 4.78 is 5.79. The van der Waals surface area contributed by atoms with E-state index in [0.29, 0.717) is 10.6 Å². The topological polar surface area (TPSA) is 52.0 Å². The second-order valence-corrected chi connectivity index (χ2v) is 5.10. The Morgan fingerprint density at radius 3 is 2.88 bits per heavy atom. The molecule has 0 amide bonds. The summed E-state index contributed by atoms with van der Waals surface area (Å²) in [6.45, 7) is 0. The Hall–Kier alpha value is -1.06. The van der Waals surface area contributed by atoms with Crippen LogP contribution in [0.4, 0.5) is 0 Å². The summed E-state index contributed by atoms with van der Waals surface area (Å²) in [5.41, 5.74) is 7.64. The first kappa shape index (κ1) is 11.1. The van der Waals surface area contributed by atoms with Crippen LogP contribution in [0.1, 0.15) is 37.5 Å². The van der Waals surface area contributed by atoms with Crippen molar-refractivity contribution in [3.63, 3.8) is 0 Å². The van der Waals surface area contributed by atoms with Gasteiger partial charge in [0.05, 0.1) is 10.9 Å². The molecule has 2 atom stereocenters. The summed E-state index contributed by atoms with van der Waals surface area (Å²) >= 11 is 6.08. The van der Waals surface area contributed by atoms with Gasteiger partial charge in [0.15, 0.2) is 11.5 Å². The van der Waals surface area contributed by atoms with Gasteiger partial charge in [-0.1, -0.05) is 30.5 Å². The van der Waals surface area contributed by atoms with Crippen molar-refractivity contribution in [3.8, 4) is 0 Å². The Morgan fingerprint density at radius 2 is 2.12 bits per heavy atom. The number of nitrogens with zero attached hydrogens (tertiary/aromatic N) is 1. The number of para-hydroxylation sites is 1. The van der Waals surface area contributed by atoms with E-state index < -0.39 is 0 Å². The molecule has 1 aromatic carbocycles. The highest BCUT2D eigenvalue weighted by molar-refractivity contribution is 6.34. The summed E-state index contributed by atoms with van der Waals surface area (Å²) in [7, 11) is 0. The van der Waals surface area contributed by atoms with Crippen LogP contribution in [0, 0.1) is 0 Å². The van der Waals surface area contributed by atoms with Crippen LogP contribution in [-0.2, 0) is 0 Å². The SMILES string of the molecule is NC1CCCCC1c1nc2cccc(Cl)c2o1. The first-order chi connectivity index (χ1) is 8.25. The summed E-state index contributed by atoms with van der Waals surface area (Å²) in [6, 6.07) is 5.79. The van der Waals surface area contributed by atoms with E-state index in [2.05, 4.69) is 4.98 Å². The summed E-state index contributed by atoms with van der Waals surface area (Å²) in [5.74, 6) is 0.993. The molecule has 0 saturated heterocycles. The lowest BCUT2D eigenvalue weighted by atomic mass is 9.85. The second-order valence-electron chi connectivity index (χ2n) is 4.69. The molecule has 0 aliphatic heterocycles. The Balaban J connectivity index is 2.02. The van der Waals surface area contributed by atoms with Crippen LogP contribution in [0.25, 0.3) is 11.1 Å². The number of aromatic nitrogens is 1. The van der Waals surface area contributed by atoms with Gasteiger partial charge in [-0.25, -0.2) is 4.98 Å². The molecule has 2 N–H and O–H groups in total. The van der Waals surface area contributed by atoms with Crippen molar-refractivity contribution in [2.75, 3.05) is 0 Å². The fourth-order valence-electron chi connectivity index (χ4n) is 2.56. The highest BCUT2D eigenvalue weighted by Crippen LogP contribution is 2.34. The molecule has 3 nitrogen and oxygen atoms in total. The maximum atomic E-state index is 6.14. The number of benzene rings is 1. The maximum Gasteiger partial charge on any atom is 0.200 e. The Morgan fingerprint density at radius 1 is 1.29 bits per heavy atom. The first-order valence-corrected chi connectivity index (χ1v) is 6.44. The minimum atomic E-state index is 0.163. The van der Waals surface area contributed by atoms with Crippen molar-refractivity contribution < 1.29 is 4.42 Å². The molecule has 1 aromatic heterocycles. The number of halogens is 1. The van der Waals surface area contributed by atoms with Gasteiger partial charge >= 0.3 is 0 Å². The fourth-order valence-corrected chi connectivity index (χ4v) is 2.77. The van der Waals surface area contributed by atoms with E-state index in [4.69, 9.17) is 21.8 Å². The largest absolute Gasteiger partial charge is 0.439 e. The lowest BCUT2D eigenvalue weighted by Gasteiger charge is -2.25. The van der Waals surface area contributed by atoms with Gasteiger partial charge < -0.3 is 10.2 Å². The van der Waals surface area contributed by atoms with Crippen LogP contribution in [0.15, 0.2) is 22.6 Å². The van der Waals surface area contributed by atoms with Crippen LogP contribution in [0.3, 0.4) is 0 Å². The fraction of sp³-hybridized carbons (Fsp3) is 0.462. The molecule has 1 saturated carbocycles. The number of oxazole rings is 1. The smallest absolute Gasteiger partial charge is 0.200 e. The van der Waals surface area contributed by atoms with Crippen molar-refractivity contribution in [1.82, 2.24) is 4.98 Å². The molecular formula is C13H15ClN2O. The molecule has 3 rings (SSSR count). The van der Waals surface area contributed by atoms with E-state index in [1.807, 2.05) is 18.2 Å². The Labute approximate surface area is 105 Å². The number of hydrogen-bond acceptors (Lipinski definition) is 3. The average Bonchev–Trinajstić information content (AvgIpc) is 2.75. The van der Waals surface area contributed by atoms with E-state index >= 15 is 0 Å². The van der Waals surface area contributed by atoms with Crippen LogP contribution in [0.5, 0.6) is 0 Å². The van der Waals surface area contributed by atoms with Crippen LogP contribution in [0.2, 0.25) is 5.02 Å². The Bertz CT molecular complexity index is 537. The molecule has 2 unspecified atom stereocenters. The van der Waals surface area contributed by atoms with Crippen LogP contribution in [-0.4, -0.2) is 11.0 Å². The minimum Gasteiger partial charge on any atom is -0.439 e. The molecule has 4 heteroatoms. The third-order valence-electron chi connectivity index (χ3n) is 3.52.